The third kappa shape index (κ3) is 4.08. The number of aromatic nitrogens is 4. The number of thioether (sulfide) groups is 2. The van der Waals surface area contributed by atoms with Crippen molar-refractivity contribution in [2.24, 2.45) is 0 Å². The Labute approximate surface area is 122 Å². The van der Waals surface area contributed by atoms with Crippen LogP contribution < -0.4 is 5.32 Å². The monoisotopic (exact) mass is 319 g/mol. The fraction of sp³-hybridized carbons (Fsp3) is 0.556. The summed E-state index contributed by atoms with van der Waals surface area (Å²) in [6.07, 6.45) is 3.09. The van der Waals surface area contributed by atoms with E-state index in [2.05, 4.69) is 32.6 Å². The lowest BCUT2D eigenvalue weighted by atomic mass is 10.5. The van der Waals surface area contributed by atoms with E-state index in [1.54, 1.807) is 46.2 Å². The van der Waals surface area contributed by atoms with Crippen LogP contribution in [-0.2, 0) is 5.75 Å². The molecular formula is C9H13N5S4. The van der Waals surface area contributed by atoms with E-state index in [0.717, 1.165) is 37.5 Å². The number of nitrogens with zero attached hydrogens (tertiary/aromatic N) is 4. The van der Waals surface area contributed by atoms with Gasteiger partial charge in [0.2, 0.25) is 5.13 Å². The number of anilines is 1. The summed E-state index contributed by atoms with van der Waals surface area (Å²) in [6.45, 7) is 3.07. The fourth-order valence-electron chi connectivity index (χ4n) is 1.08. The van der Waals surface area contributed by atoms with Crippen LogP contribution in [0.25, 0.3) is 0 Å². The molecule has 0 saturated carbocycles. The Hall–Kier alpha value is -0.380. The van der Waals surface area contributed by atoms with Crippen molar-refractivity contribution in [1.82, 2.24) is 20.4 Å². The molecular weight excluding hydrogens is 306 g/mol. The summed E-state index contributed by atoms with van der Waals surface area (Å²) in [6, 6.07) is 0. The van der Waals surface area contributed by atoms with Crippen LogP contribution in [-0.4, -0.2) is 33.2 Å². The molecule has 9 heteroatoms. The standard InChI is InChI=1S/C9H13N5S4/c1-3-4-10-7-12-11-6(17-7)5-16-9-14-13-8(15-2)18-9/h3-5H2,1-2H3,(H,10,12). The third-order valence-electron chi connectivity index (χ3n) is 1.87. The van der Waals surface area contributed by atoms with Crippen molar-refractivity contribution in [1.29, 1.82) is 0 Å². The van der Waals surface area contributed by atoms with Gasteiger partial charge in [0.25, 0.3) is 0 Å². The summed E-state index contributed by atoms with van der Waals surface area (Å²) in [5.74, 6) is 0.800. The average molecular weight is 320 g/mol. The number of hydrogen-bond donors (Lipinski definition) is 1. The highest BCUT2D eigenvalue weighted by Gasteiger charge is 2.07. The molecule has 0 radical (unpaired) electrons. The maximum absolute atomic E-state index is 4.15. The molecule has 0 bridgehead atoms. The molecule has 5 nitrogen and oxygen atoms in total. The van der Waals surface area contributed by atoms with Crippen molar-refractivity contribution in [2.75, 3.05) is 18.1 Å². The highest BCUT2D eigenvalue weighted by molar-refractivity contribution is 8.02. The van der Waals surface area contributed by atoms with Crippen molar-refractivity contribution in [3.8, 4) is 0 Å². The smallest absolute Gasteiger partial charge is 0.205 e. The second kappa shape index (κ2) is 7.27. The van der Waals surface area contributed by atoms with Gasteiger partial charge in [-0.3, -0.25) is 0 Å². The molecule has 0 saturated heterocycles. The third-order valence-corrected chi connectivity index (χ3v) is 5.98. The summed E-state index contributed by atoms with van der Waals surface area (Å²) < 4.78 is 1.98. The van der Waals surface area contributed by atoms with Crippen molar-refractivity contribution >= 4 is 51.3 Å². The normalized spacial score (nSPS) is 10.8. The minimum Gasteiger partial charge on any atom is -0.360 e. The van der Waals surface area contributed by atoms with Crippen molar-refractivity contribution < 1.29 is 0 Å². The zero-order chi connectivity index (χ0) is 12.8. The van der Waals surface area contributed by atoms with E-state index in [1.165, 1.54) is 0 Å². The van der Waals surface area contributed by atoms with Crippen LogP contribution in [0.4, 0.5) is 5.13 Å². The quantitative estimate of drug-likeness (QED) is 0.786. The van der Waals surface area contributed by atoms with Gasteiger partial charge in [0, 0.05) is 6.54 Å². The number of rotatable bonds is 7. The molecule has 98 valence electrons. The Morgan fingerprint density at radius 3 is 2.67 bits per heavy atom. The Balaban J connectivity index is 1.84. The lowest BCUT2D eigenvalue weighted by Gasteiger charge is -1.95. The predicted octanol–water partition coefficient (Wildman–Crippen LogP) is 3.23. The molecule has 0 aliphatic carbocycles. The highest BCUT2D eigenvalue weighted by atomic mass is 32.2. The Morgan fingerprint density at radius 2 is 1.94 bits per heavy atom. The summed E-state index contributed by atoms with van der Waals surface area (Å²) >= 11 is 6.50. The SMILES string of the molecule is CCCNc1nnc(CSc2nnc(SC)s2)s1. The van der Waals surface area contributed by atoms with Gasteiger partial charge in [-0.25, -0.2) is 0 Å². The van der Waals surface area contributed by atoms with Crippen LogP contribution in [0.3, 0.4) is 0 Å². The average Bonchev–Trinajstić information content (AvgIpc) is 3.03. The van der Waals surface area contributed by atoms with Crippen molar-refractivity contribution in [3.63, 3.8) is 0 Å². The Morgan fingerprint density at radius 1 is 1.11 bits per heavy atom. The first-order valence-corrected chi connectivity index (χ1v) is 9.22. The lowest BCUT2D eigenvalue weighted by Crippen LogP contribution is -1.98. The minimum absolute atomic E-state index is 0.800. The summed E-state index contributed by atoms with van der Waals surface area (Å²) in [4.78, 5) is 0. The number of nitrogens with one attached hydrogen (secondary N) is 1. The van der Waals surface area contributed by atoms with Crippen LogP contribution in [0.2, 0.25) is 0 Å². The molecule has 0 spiro atoms. The van der Waals surface area contributed by atoms with Crippen molar-refractivity contribution in [2.45, 2.75) is 27.8 Å². The highest BCUT2D eigenvalue weighted by Crippen LogP contribution is 2.30. The van der Waals surface area contributed by atoms with Gasteiger partial charge < -0.3 is 5.32 Å². The topological polar surface area (TPSA) is 63.6 Å². The van der Waals surface area contributed by atoms with Gasteiger partial charge in [-0.2, -0.15) is 0 Å². The van der Waals surface area contributed by atoms with Gasteiger partial charge in [-0.05, 0) is 12.7 Å². The number of hydrogen-bond acceptors (Lipinski definition) is 9. The van der Waals surface area contributed by atoms with Crippen LogP contribution in [0.15, 0.2) is 8.68 Å². The van der Waals surface area contributed by atoms with Gasteiger partial charge in [0.15, 0.2) is 8.68 Å². The minimum atomic E-state index is 0.800. The van der Waals surface area contributed by atoms with E-state index in [9.17, 15) is 0 Å². The summed E-state index contributed by atoms with van der Waals surface area (Å²) in [5, 5.41) is 21.6. The fourth-order valence-corrected chi connectivity index (χ4v) is 4.27. The van der Waals surface area contributed by atoms with Gasteiger partial charge in [-0.1, -0.05) is 53.1 Å². The molecule has 0 amide bonds. The summed E-state index contributed by atoms with van der Waals surface area (Å²) in [7, 11) is 0. The van der Waals surface area contributed by atoms with Gasteiger partial charge in [0.05, 0.1) is 5.75 Å². The van der Waals surface area contributed by atoms with Crippen molar-refractivity contribution in [3.05, 3.63) is 5.01 Å². The molecule has 2 aromatic heterocycles. The predicted molar refractivity (Wildman–Crippen MR) is 79.9 cm³/mol. The van der Waals surface area contributed by atoms with Gasteiger partial charge >= 0.3 is 0 Å². The zero-order valence-corrected chi connectivity index (χ0v) is 13.3. The second-order valence-electron chi connectivity index (χ2n) is 3.25. The van der Waals surface area contributed by atoms with Crippen LogP contribution in [0.5, 0.6) is 0 Å². The van der Waals surface area contributed by atoms with Gasteiger partial charge in [0.1, 0.15) is 5.01 Å². The van der Waals surface area contributed by atoms with Crippen LogP contribution in [0, 0.1) is 0 Å². The molecule has 2 rings (SSSR count). The molecule has 0 aromatic carbocycles. The van der Waals surface area contributed by atoms with E-state index in [0.29, 0.717) is 0 Å². The molecule has 2 aromatic rings. The first-order chi connectivity index (χ1) is 8.81. The molecule has 18 heavy (non-hydrogen) atoms. The van der Waals surface area contributed by atoms with E-state index in [-0.39, 0.29) is 0 Å². The second-order valence-corrected chi connectivity index (χ2v) is 7.57. The molecule has 1 N–H and O–H groups in total. The molecule has 0 atom stereocenters. The lowest BCUT2D eigenvalue weighted by molar-refractivity contribution is 0.952. The Kier molecular flexibility index (Phi) is 5.67. The van der Waals surface area contributed by atoms with E-state index in [1.807, 2.05) is 6.26 Å². The van der Waals surface area contributed by atoms with E-state index in [4.69, 9.17) is 0 Å². The molecule has 0 aliphatic heterocycles. The first kappa shape index (κ1) is 14.0. The Bertz CT molecular complexity index is 483. The first-order valence-electron chi connectivity index (χ1n) is 5.38. The maximum atomic E-state index is 4.15. The molecule has 0 aliphatic rings. The molecule has 0 unspecified atom stereocenters. The van der Waals surface area contributed by atoms with E-state index < -0.39 is 0 Å². The van der Waals surface area contributed by atoms with Crippen LogP contribution >= 0.6 is 46.2 Å². The molecule has 2 heterocycles. The van der Waals surface area contributed by atoms with Crippen LogP contribution in [0.1, 0.15) is 18.4 Å². The largest absolute Gasteiger partial charge is 0.360 e. The van der Waals surface area contributed by atoms with E-state index >= 15 is 0 Å². The maximum Gasteiger partial charge on any atom is 0.205 e. The van der Waals surface area contributed by atoms with Gasteiger partial charge in [-0.15, -0.1) is 20.4 Å². The summed E-state index contributed by atoms with van der Waals surface area (Å²) in [5.41, 5.74) is 0. The zero-order valence-electron chi connectivity index (χ0n) is 10.0. The molecule has 0 fully saturated rings.